The number of piperidine rings is 1. The molecule has 0 aliphatic carbocycles. The van der Waals surface area contributed by atoms with Crippen molar-refractivity contribution in [2.45, 2.75) is 19.3 Å². The first-order valence-electron chi connectivity index (χ1n) is 5.06. The molecule has 2 rings (SSSR count). The molecule has 2 heterocycles. The Morgan fingerprint density at radius 2 is 2.07 bits per heavy atom. The fourth-order valence-electron chi connectivity index (χ4n) is 1.80. The van der Waals surface area contributed by atoms with E-state index >= 15 is 0 Å². The standard InChI is InChI=1S/C11H14N2O/c14-9-10-4-5-12-11(8-10)13-6-2-1-3-7-13/h4-5,8-9H,1-3,6-7H2. The summed E-state index contributed by atoms with van der Waals surface area (Å²) >= 11 is 0. The Hall–Kier alpha value is -1.38. The van der Waals surface area contributed by atoms with Gasteiger partial charge in [0.05, 0.1) is 0 Å². The van der Waals surface area contributed by atoms with E-state index in [9.17, 15) is 4.79 Å². The molecule has 74 valence electrons. The van der Waals surface area contributed by atoms with E-state index in [1.165, 1.54) is 19.3 Å². The minimum atomic E-state index is 0.709. The van der Waals surface area contributed by atoms with Gasteiger partial charge in [0.1, 0.15) is 12.1 Å². The van der Waals surface area contributed by atoms with Crippen molar-refractivity contribution >= 4 is 12.1 Å². The molecule has 3 nitrogen and oxygen atoms in total. The minimum absolute atomic E-state index is 0.709. The molecule has 0 unspecified atom stereocenters. The zero-order valence-corrected chi connectivity index (χ0v) is 8.15. The maximum Gasteiger partial charge on any atom is 0.150 e. The van der Waals surface area contributed by atoms with Gasteiger partial charge in [0.15, 0.2) is 0 Å². The van der Waals surface area contributed by atoms with Crippen LogP contribution in [0.3, 0.4) is 0 Å². The van der Waals surface area contributed by atoms with Gasteiger partial charge < -0.3 is 4.90 Å². The predicted octanol–water partition coefficient (Wildman–Crippen LogP) is 1.88. The first-order chi connectivity index (χ1) is 6.90. The smallest absolute Gasteiger partial charge is 0.150 e. The van der Waals surface area contributed by atoms with Gasteiger partial charge in [0.25, 0.3) is 0 Å². The number of anilines is 1. The van der Waals surface area contributed by atoms with Gasteiger partial charge in [0, 0.05) is 24.8 Å². The molecule has 0 aromatic carbocycles. The van der Waals surface area contributed by atoms with Crippen LogP contribution in [0.1, 0.15) is 29.6 Å². The van der Waals surface area contributed by atoms with Crippen LogP contribution >= 0.6 is 0 Å². The summed E-state index contributed by atoms with van der Waals surface area (Å²) in [5.41, 5.74) is 0.709. The van der Waals surface area contributed by atoms with Crippen LogP contribution in [0, 0.1) is 0 Å². The van der Waals surface area contributed by atoms with Crippen LogP contribution in [-0.2, 0) is 0 Å². The number of aldehydes is 1. The van der Waals surface area contributed by atoms with Gasteiger partial charge in [-0.15, -0.1) is 0 Å². The lowest BCUT2D eigenvalue weighted by molar-refractivity contribution is 0.112. The van der Waals surface area contributed by atoms with Crippen LogP contribution < -0.4 is 4.90 Å². The largest absolute Gasteiger partial charge is 0.357 e. The fraction of sp³-hybridized carbons (Fsp3) is 0.455. The molecule has 1 aromatic heterocycles. The third kappa shape index (κ3) is 1.92. The summed E-state index contributed by atoms with van der Waals surface area (Å²) in [6.07, 6.45) is 6.34. The second kappa shape index (κ2) is 4.22. The summed E-state index contributed by atoms with van der Waals surface area (Å²) in [7, 11) is 0. The van der Waals surface area contributed by atoms with Crippen molar-refractivity contribution in [2.75, 3.05) is 18.0 Å². The molecular weight excluding hydrogens is 176 g/mol. The van der Waals surface area contributed by atoms with Crippen LogP contribution in [0.15, 0.2) is 18.3 Å². The van der Waals surface area contributed by atoms with Crippen molar-refractivity contribution in [2.24, 2.45) is 0 Å². The number of rotatable bonds is 2. The molecule has 0 radical (unpaired) electrons. The van der Waals surface area contributed by atoms with E-state index in [1.807, 2.05) is 6.07 Å². The lowest BCUT2D eigenvalue weighted by atomic mass is 10.1. The third-order valence-electron chi connectivity index (χ3n) is 2.59. The maximum absolute atomic E-state index is 10.6. The Labute approximate surface area is 83.8 Å². The van der Waals surface area contributed by atoms with Gasteiger partial charge in [-0.25, -0.2) is 4.98 Å². The number of hydrogen-bond donors (Lipinski definition) is 0. The van der Waals surface area contributed by atoms with Crippen molar-refractivity contribution in [1.82, 2.24) is 4.98 Å². The lowest BCUT2D eigenvalue weighted by Crippen LogP contribution is -2.30. The zero-order chi connectivity index (χ0) is 9.80. The quantitative estimate of drug-likeness (QED) is 0.668. The van der Waals surface area contributed by atoms with Crippen LogP contribution in [0.2, 0.25) is 0 Å². The lowest BCUT2D eigenvalue weighted by Gasteiger charge is -2.27. The molecule has 0 atom stereocenters. The molecule has 1 aromatic rings. The molecular formula is C11H14N2O. The molecule has 1 aliphatic heterocycles. The van der Waals surface area contributed by atoms with Gasteiger partial charge in [-0.1, -0.05) is 0 Å². The molecule has 14 heavy (non-hydrogen) atoms. The first kappa shape index (κ1) is 9.19. The molecule has 1 aliphatic rings. The van der Waals surface area contributed by atoms with Crippen molar-refractivity contribution in [3.63, 3.8) is 0 Å². The number of aromatic nitrogens is 1. The Bertz CT molecular complexity index is 319. The van der Waals surface area contributed by atoms with Crippen LogP contribution in [-0.4, -0.2) is 24.4 Å². The Morgan fingerprint density at radius 1 is 1.29 bits per heavy atom. The first-order valence-corrected chi connectivity index (χ1v) is 5.06. The molecule has 3 heteroatoms. The molecule has 0 spiro atoms. The number of pyridine rings is 1. The fourth-order valence-corrected chi connectivity index (χ4v) is 1.80. The van der Waals surface area contributed by atoms with E-state index in [4.69, 9.17) is 0 Å². The number of carbonyl (C=O) groups excluding carboxylic acids is 1. The third-order valence-corrected chi connectivity index (χ3v) is 2.59. The van der Waals surface area contributed by atoms with Crippen molar-refractivity contribution < 1.29 is 4.79 Å². The monoisotopic (exact) mass is 190 g/mol. The number of nitrogens with zero attached hydrogens (tertiary/aromatic N) is 2. The van der Waals surface area contributed by atoms with Crippen LogP contribution in [0.25, 0.3) is 0 Å². The second-order valence-electron chi connectivity index (χ2n) is 3.61. The average Bonchev–Trinajstić information content (AvgIpc) is 2.30. The molecule has 0 saturated carbocycles. The van der Waals surface area contributed by atoms with Crippen molar-refractivity contribution in [3.05, 3.63) is 23.9 Å². The van der Waals surface area contributed by atoms with E-state index < -0.39 is 0 Å². The van der Waals surface area contributed by atoms with Crippen molar-refractivity contribution in [3.8, 4) is 0 Å². The maximum atomic E-state index is 10.6. The van der Waals surface area contributed by atoms with E-state index in [2.05, 4.69) is 9.88 Å². The Morgan fingerprint density at radius 3 is 2.79 bits per heavy atom. The minimum Gasteiger partial charge on any atom is -0.357 e. The highest BCUT2D eigenvalue weighted by molar-refractivity contribution is 5.76. The summed E-state index contributed by atoms with van der Waals surface area (Å²) in [4.78, 5) is 17.1. The Kier molecular flexibility index (Phi) is 2.77. The highest BCUT2D eigenvalue weighted by atomic mass is 16.1. The Balaban J connectivity index is 2.17. The van der Waals surface area contributed by atoms with E-state index in [0.717, 1.165) is 25.2 Å². The van der Waals surface area contributed by atoms with E-state index in [0.29, 0.717) is 5.56 Å². The molecule has 0 bridgehead atoms. The average molecular weight is 190 g/mol. The zero-order valence-electron chi connectivity index (χ0n) is 8.15. The van der Waals surface area contributed by atoms with Crippen LogP contribution in [0.5, 0.6) is 0 Å². The predicted molar refractivity (Wildman–Crippen MR) is 55.7 cm³/mol. The summed E-state index contributed by atoms with van der Waals surface area (Å²) in [5, 5.41) is 0. The molecule has 1 fully saturated rings. The summed E-state index contributed by atoms with van der Waals surface area (Å²) in [5.74, 6) is 0.939. The number of carbonyl (C=O) groups is 1. The highest BCUT2D eigenvalue weighted by Crippen LogP contribution is 2.17. The van der Waals surface area contributed by atoms with Gasteiger partial charge >= 0.3 is 0 Å². The van der Waals surface area contributed by atoms with Crippen LogP contribution in [0.4, 0.5) is 5.82 Å². The molecule has 1 saturated heterocycles. The van der Waals surface area contributed by atoms with Gasteiger partial charge in [-0.2, -0.15) is 0 Å². The topological polar surface area (TPSA) is 33.2 Å². The molecule has 0 amide bonds. The van der Waals surface area contributed by atoms with Crippen molar-refractivity contribution in [1.29, 1.82) is 0 Å². The summed E-state index contributed by atoms with van der Waals surface area (Å²) in [6, 6.07) is 3.60. The van der Waals surface area contributed by atoms with E-state index in [1.54, 1.807) is 12.3 Å². The SMILES string of the molecule is O=Cc1ccnc(N2CCCCC2)c1. The number of hydrogen-bond acceptors (Lipinski definition) is 3. The van der Waals surface area contributed by atoms with Gasteiger partial charge in [0.2, 0.25) is 0 Å². The summed E-state index contributed by atoms with van der Waals surface area (Å²) < 4.78 is 0. The van der Waals surface area contributed by atoms with Gasteiger partial charge in [-0.05, 0) is 31.4 Å². The highest BCUT2D eigenvalue weighted by Gasteiger charge is 2.11. The normalized spacial score (nSPS) is 16.7. The second-order valence-corrected chi connectivity index (χ2v) is 3.61. The summed E-state index contributed by atoms with van der Waals surface area (Å²) in [6.45, 7) is 2.13. The molecule has 0 N–H and O–H groups in total. The van der Waals surface area contributed by atoms with Gasteiger partial charge in [-0.3, -0.25) is 4.79 Å². The van der Waals surface area contributed by atoms with E-state index in [-0.39, 0.29) is 0 Å².